The lowest BCUT2D eigenvalue weighted by atomic mass is 10.2. The molecule has 0 saturated heterocycles. The van der Waals surface area contributed by atoms with Gasteiger partial charge in [0.05, 0.1) is 0 Å². The Balaban J connectivity index is 1.94. The summed E-state index contributed by atoms with van der Waals surface area (Å²) in [6, 6.07) is 8.61. The van der Waals surface area contributed by atoms with Gasteiger partial charge >= 0.3 is 0 Å². The predicted molar refractivity (Wildman–Crippen MR) is 83.9 cm³/mol. The van der Waals surface area contributed by atoms with Gasteiger partial charge in [-0.3, -0.25) is 9.59 Å². The Morgan fingerprint density at radius 1 is 1.14 bits per heavy atom. The maximum atomic E-state index is 12.8. The molecule has 114 valence electrons. The fourth-order valence-corrected chi connectivity index (χ4v) is 2.67. The number of pyridine rings is 2. The Hall–Kier alpha value is -2.63. The van der Waals surface area contributed by atoms with Crippen molar-refractivity contribution in [3.63, 3.8) is 0 Å². The van der Waals surface area contributed by atoms with Gasteiger partial charge in [0.2, 0.25) is 0 Å². The molecule has 2 aromatic heterocycles. The summed E-state index contributed by atoms with van der Waals surface area (Å²) in [5.41, 5.74) is 1.24. The van der Waals surface area contributed by atoms with Crippen LogP contribution in [0.5, 0.6) is 0 Å². The van der Waals surface area contributed by atoms with Crippen molar-refractivity contribution in [3.05, 3.63) is 58.1 Å². The molecule has 6 nitrogen and oxygen atoms in total. The molecular weight excluding hydrogens is 280 g/mol. The smallest absolute Gasteiger partial charge is 0.270 e. The van der Waals surface area contributed by atoms with Crippen LogP contribution < -0.4 is 10.5 Å². The molecule has 0 bridgehead atoms. The summed E-state index contributed by atoms with van der Waals surface area (Å²) in [5, 5.41) is 0. The third-order valence-corrected chi connectivity index (χ3v) is 3.99. The number of hydrogen-bond donors (Lipinski definition) is 0. The number of anilines is 1. The summed E-state index contributed by atoms with van der Waals surface area (Å²) in [6.07, 6.45) is 1.76. The van der Waals surface area contributed by atoms with E-state index < -0.39 is 0 Å². The Kier molecular flexibility index (Phi) is 3.66. The van der Waals surface area contributed by atoms with Gasteiger partial charge < -0.3 is 14.4 Å². The van der Waals surface area contributed by atoms with E-state index in [0.29, 0.717) is 25.3 Å². The molecule has 0 atom stereocenters. The zero-order valence-corrected chi connectivity index (χ0v) is 12.7. The normalized spacial score (nSPS) is 14.5. The first kappa shape index (κ1) is 14.3. The molecule has 0 saturated carbocycles. The van der Waals surface area contributed by atoms with Crippen LogP contribution in [0, 0.1) is 0 Å². The Morgan fingerprint density at radius 3 is 2.77 bits per heavy atom. The molecule has 3 heterocycles. The summed E-state index contributed by atoms with van der Waals surface area (Å²) < 4.78 is 1.39. The Bertz CT molecular complexity index is 769. The van der Waals surface area contributed by atoms with E-state index in [0.717, 1.165) is 11.4 Å². The standard InChI is InChI=1S/C16H18N4O2/c1-18-9-10-20(11-12-5-4-8-17-15(12)18)16(22)13-6-3-7-14(21)19(13)2/h3-8H,9-11H2,1-2H3. The Morgan fingerprint density at radius 2 is 1.95 bits per heavy atom. The van der Waals surface area contributed by atoms with Crippen molar-refractivity contribution in [1.82, 2.24) is 14.5 Å². The van der Waals surface area contributed by atoms with Gasteiger partial charge in [-0.25, -0.2) is 4.98 Å². The minimum absolute atomic E-state index is 0.134. The molecule has 0 aromatic carbocycles. The van der Waals surface area contributed by atoms with Crippen LogP contribution in [0.1, 0.15) is 16.1 Å². The van der Waals surface area contributed by atoms with Gasteiger partial charge in [0.25, 0.3) is 11.5 Å². The van der Waals surface area contributed by atoms with Crippen LogP contribution in [0.15, 0.2) is 41.3 Å². The van der Waals surface area contributed by atoms with Crippen molar-refractivity contribution in [2.24, 2.45) is 7.05 Å². The third-order valence-electron chi connectivity index (χ3n) is 3.99. The second-order valence-electron chi connectivity index (χ2n) is 5.44. The number of carbonyl (C=O) groups excluding carboxylic acids is 1. The SMILES string of the molecule is CN1CCN(C(=O)c2cccc(=O)n2C)Cc2cccnc21. The summed E-state index contributed by atoms with van der Waals surface area (Å²) in [5.74, 6) is 0.769. The second kappa shape index (κ2) is 5.63. The molecule has 1 aliphatic heterocycles. The fraction of sp³-hybridized carbons (Fsp3) is 0.312. The highest BCUT2D eigenvalue weighted by atomic mass is 16.2. The number of carbonyl (C=O) groups is 1. The lowest BCUT2D eigenvalue weighted by Gasteiger charge is -2.21. The highest BCUT2D eigenvalue weighted by molar-refractivity contribution is 5.92. The first-order valence-electron chi connectivity index (χ1n) is 7.18. The summed E-state index contributed by atoms with van der Waals surface area (Å²) in [7, 11) is 3.59. The number of rotatable bonds is 1. The van der Waals surface area contributed by atoms with E-state index in [9.17, 15) is 9.59 Å². The first-order chi connectivity index (χ1) is 10.6. The van der Waals surface area contributed by atoms with Gasteiger partial charge in [0, 0.05) is 51.6 Å². The Labute approximate surface area is 128 Å². The van der Waals surface area contributed by atoms with E-state index in [-0.39, 0.29) is 11.5 Å². The zero-order valence-electron chi connectivity index (χ0n) is 12.7. The van der Waals surface area contributed by atoms with E-state index in [1.165, 1.54) is 10.6 Å². The molecule has 22 heavy (non-hydrogen) atoms. The second-order valence-corrected chi connectivity index (χ2v) is 5.44. The molecule has 1 aliphatic rings. The van der Waals surface area contributed by atoms with Crippen LogP contribution in [-0.4, -0.2) is 40.5 Å². The number of hydrogen-bond acceptors (Lipinski definition) is 4. The fourth-order valence-electron chi connectivity index (χ4n) is 2.67. The highest BCUT2D eigenvalue weighted by Gasteiger charge is 2.24. The van der Waals surface area contributed by atoms with E-state index >= 15 is 0 Å². The minimum atomic E-state index is -0.181. The lowest BCUT2D eigenvalue weighted by Crippen LogP contribution is -2.37. The molecule has 0 fully saturated rings. The molecule has 0 spiro atoms. The molecule has 6 heteroatoms. The monoisotopic (exact) mass is 298 g/mol. The average Bonchev–Trinajstić information content (AvgIpc) is 2.69. The van der Waals surface area contributed by atoms with Crippen molar-refractivity contribution < 1.29 is 4.79 Å². The molecule has 1 amide bonds. The summed E-state index contributed by atoms with van der Waals surface area (Å²) >= 11 is 0. The predicted octanol–water partition coefficient (Wildman–Crippen LogP) is 0.872. The van der Waals surface area contributed by atoms with Crippen LogP contribution in [0.3, 0.4) is 0 Å². The van der Waals surface area contributed by atoms with Crippen LogP contribution >= 0.6 is 0 Å². The molecule has 0 radical (unpaired) electrons. The van der Waals surface area contributed by atoms with Gasteiger partial charge in [-0.05, 0) is 12.1 Å². The number of amides is 1. The number of nitrogens with zero attached hydrogens (tertiary/aromatic N) is 4. The summed E-state index contributed by atoms with van der Waals surface area (Å²) in [6.45, 7) is 1.79. The van der Waals surface area contributed by atoms with Crippen molar-refractivity contribution in [2.45, 2.75) is 6.54 Å². The van der Waals surface area contributed by atoms with Gasteiger partial charge in [-0.15, -0.1) is 0 Å². The van der Waals surface area contributed by atoms with Crippen LogP contribution in [0.2, 0.25) is 0 Å². The molecule has 0 N–H and O–H groups in total. The topological polar surface area (TPSA) is 58.4 Å². The van der Waals surface area contributed by atoms with Crippen molar-refractivity contribution in [1.29, 1.82) is 0 Å². The van der Waals surface area contributed by atoms with Gasteiger partial charge in [0.1, 0.15) is 11.5 Å². The van der Waals surface area contributed by atoms with Crippen LogP contribution in [0.25, 0.3) is 0 Å². The minimum Gasteiger partial charge on any atom is -0.358 e. The van der Waals surface area contributed by atoms with Crippen LogP contribution in [-0.2, 0) is 13.6 Å². The van der Waals surface area contributed by atoms with E-state index in [1.807, 2.05) is 24.1 Å². The van der Waals surface area contributed by atoms with Crippen molar-refractivity contribution in [3.8, 4) is 0 Å². The molecular formula is C16H18N4O2. The molecule has 3 rings (SSSR count). The number of aromatic nitrogens is 2. The number of likely N-dealkylation sites (N-methyl/N-ethyl adjacent to an activating group) is 1. The average molecular weight is 298 g/mol. The van der Waals surface area contributed by atoms with E-state index in [1.54, 1.807) is 30.3 Å². The zero-order chi connectivity index (χ0) is 15.7. The molecule has 0 unspecified atom stereocenters. The van der Waals surface area contributed by atoms with Crippen molar-refractivity contribution in [2.75, 3.05) is 25.0 Å². The molecule has 2 aromatic rings. The van der Waals surface area contributed by atoms with Gasteiger partial charge in [-0.1, -0.05) is 12.1 Å². The van der Waals surface area contributed by atoms with E-state index in [4.69, 9.17) is 0 Å². The number of fused-ring (bicyclic) bond motifs is 1. The van der Waals surface area contributed by atoms with Crippen LogP contribution in [0.4, 0.5) is 5.82 Å². The van der Waals surface area contributed by atoms with Gasteiger partial charge in [-0.2, -0.15) is 0 Å². The highest BCUT2D eigenvalue weighted by Crippen LogP contribution is 2.21. The molecule has 0 aliphatic carbocycles. The quantitative estimate of drug-likeness (QED) is 0.784. The third kappa shape index (κ3) is 2.47. The van der Waals surface area contributed by atoms with Gasteiger partial charge in [0.15, 0.2) is 0 Å². The first-order valence-corrected chi connectivity index (χ1v) is 7.18. The largest absolute Gasteiger partial charge is 0.358 e. The maximum Gasteiger partial charge on any atom is 0.270 e. The van der Waals surface area contributed by atoms with E-state index in [2.05, 4.69) is 4.98 Å². The van der Waals surface area contributed by atoms with Crippen molar-refractivity contribution >= 4 is 11.7 Å². The lowest BCUT2D eigenvalue weighted by molar-refractivity contribution is 0.0740. The summed E-state index contributed by atoms with van der Waals surface area (Å²) in [4.78, 5) is 32.7. The maximum absolute atomic E-state index is 12.8.